The predicted molar refractivity (Wildman–Crippen MR) is 103 cm³/mol. The highest BCUT2D eigenvalue weighted by atomic mass is 32.2. The average molecular weight is 406 g/mol. The molecule has 6 nitrogen and oxygen atoms in total. The van der Waals surface area contributed by atoms with E-state index in [1.165, 1.54) is 13.8 Å². The monoisotopic (exact) mass is 406 g/mol. The molecule has 1 amide bonds. The second-order valence-electron chi connectivity index (χ2n) is 7.01. The van der Waals surface area contributed by atoms with Crippen molar-refractivity contribution in [1.82, 2.24) is 9.97 Å². The molecule has 0 bridgehead atoms. The molecule has 4 N–H and O–H groups in total. The molecule has 1 unspecified atom stereocenters. The number of primary amides is 1. The molecular weight excluding hydrogens is 386 g/mol. The molecule has 1 aromatic heterocycles. The van der Waals surface area contributed by atoms with Crippen LogP contribution in [-0.4, -0.2) is 21.0 Å². The maximum atomic E-state index is 14.7. The van der Waals surface area contributed by atoms with Crippen LogP contribution in [0.2, 0.25) is 0 Å². The Kier molecular flexibility index (Phi) is 5.40. The minimum absolute atomic E-state index is 0.0715. The topological polar surface area (TPSA) is 101 Å². The van der Waals surface area contributed by atoms with Crippen molar-refractivity contribution in [3.8, 4) is 0 Å². The van der Waals surface area contributed by atoms with Crippen molar-refractivity contribution in [2.24, 2.45) is 5.73 Å². The van der Waals surface area contributed by atoms with Gasteiger partial charge in [-0.15, -0.1) is 0 Å². The van der Waals surface area contributed by atoms with Gasteiger partial charge < -0.3 is 16.2 Å². The number of benzene rings is 1. The van der Waals surface area contributed by atoms with E-state index in [4.69, 9.17) is 5.73 Å². The number of aromatic nitrogens is 2. The van der Waals surface area contributed by atoms with Crippen LogP contribution < -0.4 is 11.1 Å². The summed E-state index contributed by atoms with van der Waals surface area (Å²) in [5, 5.41) is 12.7. The van der Waals surface area contributed by atoms with Crippen molar-refractivity contribution in [2.45, 2.75) is 38.0 Å². The number of aliphatic hydroxyl groups is 1. The fraction of sp³-hybridized carbons (Fsp3) is 0.316. The number of halogens is 2. The fourth-order valence-electron chi connectivity index (χ4n) is 2.90. The summed E-state index contributed by atoms with van der Waals surface area (Å²) < 4.78 is 29.4. The van der Waals surface area contributed by atoms with Gasteiger partial charge in [-0.2, -0.15) is 0 Å². The number of amides is 1. The molecule has 3 rings (SSSR count). The molecule has 2 aromatic rings. The van der Waals surface area contributed by atoms with E-state index in [0.29, 0.717) is 16.7 Å². The zero-order chi connectivity index (χ0) is 20.6. The molecule has 2 heterocycles. The van der Waals surface area contributed by atoms with Gasteiger partial charge in [-0.3, -0.25) is 4.79 Å². The standard InChI is InChI=1S/C19H20F2N4O2S/c1-9-23-5-4-15(24-9)25-18-11(17(22)26)8-14(28-18)16-12(20)6-10(7-13(16)21)19(2,3)27/h4-7,14,27H,8H2,1-3H3,(H2,22,26)(H,23,24,25). The van der Waals surface area contributed by atoms with Gasteiger partial charge in [-0.1, -0.05) is 11.8 Å². The van der Waals surface area contributed by atoms with E-state index in [1.54, 1.807) is 19.2 Å². The fourth-order valence-corrected chi connectivity index (χ4v) is 4.27. The first-order valence-electron chi connectivity index (χ1n) is 8.54. The summed E-state index contributed by atoms with van der Waals surface area (Å²) in [6.07, 6.45) is 1.63. The second-order valence-corrected chi connectivity index (χ2v) is 8.22. The summed E-state index contributed by atoms with van der Waals surface area (Å²) in [5.74, 6) is -1.25. The molecule has 0 aliphatic carbocycles. The molecule has 148 valence electrons. The molecule has 1 atom stereocenters. The van der Waals surface area contributed by atoms with Gasteiger partial charge in [0.1, 0.15) is 23.3 Å². The van der Waals surface area contributed by atoms with E-state index in [-0.39, 0.29) is 23.1 Å². The summed E-state index contributed by atoms with van der Waals surface area (Å²) in [4.78, 5) is 20.1. The number of thioether (sulfide) groups is 1. The zero-order valence-electron chi connectivity index (χ0n) is 15.6. The number of anilines is 1. The number of hydrogen-bond donors (Lipinski definition) is 3. The Hall–Kier alpha value is -2.52. The molecule has 1 aliphatic rings. The number of carbonyl (C=O) groups excluding carboxylic acids is 1. The molecule has 0 fully saturated rings. The van der Waals surface area contributed by atoms with Crippen molar-refractivity contribution in [1.29, 1.82) is 0 Å². The van der Waals surface area contributed by atoms with E-state index in [9.17, 15) is 18.7 Å². The van der Waals surface area contributed by atoms with E-state index < -0.39 is 28.4 Å². The Labute approximate surface area is 165 Å². The molecule has 1 aliphatic heterocycles. The number of carbonyl (C=O) groups is 1. The largest absolute Gasteiger partial charge is 0.386 e. The number of nitrogens with one attached hydrogen (secondary N) is 1. The van der Waals surface area contributed by atoms with Gasteiger partial charge >= 0.3 is 0 Å². The normalized spacial score (nSPS) is 17.1. The number of hydrogen-bond acceptors (Lipinski definition) is 6. The average Bonchev–Trinajstić information content (AvgIpc) is 2.97. The Bertz CT molecular complexity index is 950. The van der Waals surface area contributed by atoms with Crippen LogP contribution in [0.15, 0.2) is 35.0 Å². The highest BCUT2D eigenvalue weighted by Crippen LogP contribution is 2.49. The van der Waals surface area contributed by atoms with Crippen molar-refractivity contribution >= 4 is 23.5 Å². The van der Waals surface area contributed by atoms with Gasteiger partial charge in [0.25, 0.3) is 0 Å². The summed E-state index contributed by atoms with van der Waals surface area (Å²) >= 11 is 1.11. The lowest BCUT2D eigenvalue weighted by atomic mass is 9.94. The molecule has 0 radical (unpaired) electrons. The molecule has 0 spiro atoms. The van der Waals surface area contributed by atoms with Gasteiger partial charge in [0.2, 0.25) is 5.91 Å². The van der Waals surface area contributed by atoms with Crippen LogP contribution in [0, 0.1) is 18.6 Å². The smallest absolute Gasteiger partial charge is 0.247 e. The van der Waals surface area contributed by atoms with E-state index in [2.05, 4.69) is 15.3 Å². The first-order valence-corrected chi connectivity index (χ1v) is 9.42. The lowest BCUT2D eigenvalue weighted by molar-refractivity contribution is -0.114. The second kappa shape index (κ2) is 7.48. The molecule has 1 aromatic carbocycles. The SMILES string of the molecule is Cc1nccc(NC2=C(C(N)=O)CC(c3c(F)cc(C(C)(C)O)cc3F)S2)n1. The Morgan fingerprint density at radius 1 is 1.36 bits per heavy atom. The number of aryl methyl sites for hydroxylation is 1. The highest BCUT2D eigenvalue weighted by molar-refractivity contribution is 8.03. The first-order chi connectivity index (χ1) is 13.1. The lowest BCUT2D eigenvalue weighted by Crippen LogP contribution is -2.17. The van der Waals surface area contributed by atoms with Gasteiger partial charge in [-0.05, 0) is 51.0 Å². The van der Waals surface area contributed by atoms with Gasteiger partial charge in [0.05, 0.1) is 10.6 Å². The lowest BCUT2D eigenvalue weighted by Gasteiger charge is -2.20. The molecule has 0 saturated carbocycles. The third-order valence-corrected chi connectivity index (χ3v) is 5.62. The number of nitrogens with zero attached hydrogens (tertiary/aromatic N) is 2. The summed E-state index contributed by atoms with van der Waals surface area (Å²) in [6, 6.07) is 3.84. The predicted octanol–water partition coefficient (Wildman–Crippen LogP) is 3.28. The quantitative estimate of drug-likeness (QED) is 0.705. The van der Waals surface area contributed by atoms with Gasteiger partial charge in [0.15, 0.2) is 0 Å². The van der Waals surface area contributed by atoms with Crippen molar-refractivity contribution in [3.63, 3.8) is 0 Å². The number of nitrogens with two attached hydrogens (primary N) is 1. The van der Waals surface area contributed by atoms with Crippen LogP contribution >= 0.6 is 11.8 Å². The van der Waals surface area contributed by atoms with Gasteiger partial charge in [0, 0.05) is 22.6 Å². The maximum Gasteiger partial charge on any atom is 0.247 e. The molecular formula is C19H20F2N4O2S. The Morgan fingerprint density at radius 2 is 2.00 bits per heavy atom. The third-order valence-electron chi connectivity index (χ3n) is 4.35. The zero-order valence-corrected chi connectivity index (χ0v) is 16.4. The molecule has 9 heteroatoms. The summed E-state index contributed by atoms with van der Waals surface area (Å²) in [5.41, 5.74) is 4.31. The van der Waals surface area contributed by atoms with Crippen molar-refractivity contribution in [2.75, 3.05) is 5.32 Å². The maximum absolute atomic E-state index is 14.7. The van der Waals surface area contributed by atoms with Crippen LogP contribution in [0.25, 0.3) is 0 Å². The van der Waals surface area contributed by atoms with Crippen LogP contribution in [0.3, 0.4) is 0 Å². The molecule has 28 heavy (non-hydrogen) atoms. The third kappa shape index (κ3) is 4.15. The van der Waals surface area contributed by atoms with Gasteiger partial charge in [-0.25, -0.2) is 18.7 Å². The first kappa shape index (κ1) is 20.2. The van der Waals surface area contributed by atoms with E-state index in [1.807, 2.05) is 0 Å². The van der Waals surface area contributed by atoms with Crippen LogP contribution in [-0.2, 0) is 10.4 Å². The van der Waals surface area contributed by atoms with Crippen LogP contribution in [0.1, 0.15) is 42.5 Å². The minimum atomic E-state index is -1.38. The summed E-state index contributed by atoms with van der Waals surface area (Å²) in [7, 11) is 0. The summed E-state index contributed by atoms with van der Waals surface area (Å²) in [6.45, 7) is 4.61. The highest BCUT2D eigenvalue weighted by Gasteiger charge is 2.34. The molecule has 0 saturated heterocycles. The van der Waals surface area contributed by atoms with Crippen molar-refractivity contribution in [3.05, 3.63) is 63.6 Å². The van der Waals surface area contributed by atoms with E-state index >= 15 is 0 Å². The minimum Gasteiger partial charge on any atom is -0.386 e. The van der Waals surface area contributed by atoms with Crippen molar-refractivity contribution < 1.29 is 18.7 Å². The Morgan fingerprint density at radius 3 is 2.54 bits per heavy atom. The van der Waals surface area contributed by atoms with E-state index in [0.717, 1.165) is 23.9 Å². The van der Waals surface area contributed by atoms with Crippen LogP contribution in [0.4, 0.5) is 14.6 Å². The number of rotatable bonds is 5. The Balaban J connectivity index is 1.92. The van der Waals surface area contributed by atoms with Crippen LogP contribution in [0.5, 0.6) is 0 Å².